The van der Waals surface area contributed by atoms with Crippen molar-refractivity contribution in [2.75, 3.05) is 11.1 Å². The average Bonchev–Trinajstić information content (AvgIpc) is 2.85. The number of nitrogens with one attached hydrogen (secondary N) is 1. The predicted molar refractivity (Wildman–Crippen MR) is 111 cm³/mol. The number of rotatable bonds is 4. The van der Waals surface area contributed by atoms with Gasteiger partial charge in [-0.25, -0.2) is 0 Å². The molecule has 1 aliphatic rings. The van der Waals surface area contributed by atoms with Crippen molar-refractivity contribution in [3.8, 4) is 6.07 Å². The smallest absolute Gasteiger partial charge is 0.235 e. The number of para-hydroxylation sites is 1. The number of hydrogen-bond acceptors (Lipinski definition) is 5. The van der Waals surface area contributed by atoms with Gasteiger partial charge < -0.3 is 5.32 Å². The average molecular weight is 394 g/mol. The quantitative estimate of drug-likeness (QED) is 0.491. The maximum atomic E-state index is 12.5. The molecule has 1 aromatic carbocycles. The lowest BCUT2D eigenvalue weighted by atomic mass is 10.1. The molecule has 4 nitrogen and oxygen atoms in total. The van der Waals surface area contributed by atoms with Crippen molar-refractivity contribution in [3.63, 3.8) is 0 Å². The number of anilines is 1. The predicted octanol–water partition coefficient (Wildman–Crippen LogP) is 5.17. The highest BCUT2D eigenvalue weighted by atomic mass is 32.2. The number of benzene rings is 1. The van der Waals surface area contributed by atoms with Crippen molar-refractivity contribution in [1.29, 1.82) is 5.26 Å². The molecule has 136 valence electrons. The number of fused-ring (bicyclic) bond motifs is 2. The van der Waals surface area contributed by atoms with Crippen molar-refractivity contribution in [3.05, 3.63) is 52.5 Å². The number of aromatic nitrogens is 1. The van der Waals surface area contributed by atoms with Crippen molar-refractivity contribution in [2.45, 2.75) is 37.0 Å². The van der Waals surface area contributed by atoms with E-state index in [4.69, 9.17) is 0 Å². The molecule has 3 aromatic rings. The number of hydrogen-bond donors (Lipinski definition) is 1. The lowest BCUT2D eigenvalue weighted by Crippen LogP contribution is -2.14. The second-order valence-electron chi connectivity index (χ2n) is 6.54. The molecule has 0 atom stereocenters. The first-order valence-corrected chi connectivity index (χ1v) is 10.9. The summed E-state index contributed by atoms with van der Waals surface area (Å²) in [6.07, 6.45) is 7.23. The van der Waals surface area contributed by atoms with Gasteiger partial charge in [0, 0.05) is 21.4 Å². The van der Waals surface area contributed by atoms with Gasteiger partial charge in [0.05, 0.1) is 16.8 Å². The van der Waals surface area contributed by atoms with Gasteiger partial charge in [0.1, 0.15) is 11.1 Å². The highest BCUT2D eigenvalue weighted by Gasteiger charge is 2.21. The van der Waals surface area contributed by atoms with E-state index in [0.29, 0.717) is 11.3 Å². The Kier molecular flexibility index (Phi) is 5.42. The number of carbonyl (C=O) groups excluding carboxylic acids is 1. The zero-order valence-corrected chi connectivity index (χ0v) is 16.5. The second-order valence-corrected chi connectivity index (χ2v) is 8.67. The molecule has 0 radical (unpaired) electrons. The minimum atomic E-state index is -0.0752. The Labute approximate surface area is 166 Å². The van der Waals surface area contributed by atoms with E-state index < -0.39 is 0 Å². The summed E-state index contributed by atoms with van der Waals surface area (Å²) >= 11 is 3.08. The number of thioether (sulfide) groups is 1. The highest BCUT2D eigenvalue weighted by molar-refractivity contribution is 8.00. The number of thiophene rings is 1. The van der Waals surface area contributed by atoms with E-state index in [1.807, 2.05) is 30.3 Å². The Hall–Kier alpha value is -2.36. The van der Waals surface area contributed by atoms with Gasteiger partial charge in [-0.15, -0.1) is 23.1 Å². The van der Waals surface area contributed by atoms with Gasteiger partial charge in [-0.1, -0.05) is 24.6 Å². The summed E-state index contributed by atoms with van der Waals surface area (Å²) in [5.41, 5.74) is 2.75. The Balaban J connectivity index is 1.48. The van der Waals surface area contributed by atoms with Crippen LogP contribution in [0.1, 0.15) is 35.3 Å². The van der Waals surface area contributed by atoms with Crippen LogP contribution in [0.15, 0.2) is 41.4 Å². The number of amides is 1. The van der Waals surface area contributed by atoms with Gasteiger partial charge >= 0.3 is 0 Å². The van der Waals surface area contributed by atoms with E-state index in [9.17, 15) is 10.1 Å². The zero-order chi connectivity index (χ0) is 18.6. The van der Waals surface area contributed by atoms with E-state index in [-0.39, 0.29) is 5.91 Å². The van der Waals surface area contributed by atoms with Crippen LogP contribution in [-0.2, 0) is 17.6 Å². The Morgan fingerprint density at radius 2 is 2.07 bits per heavy atom. The van der Waals surface area contributed by atoms with Crippen LogP contribution in [0.3, 0.4) is 0 Å². The van der Waals surface area contributed by atoms with Crippen molar-refractivity contribution in [1.82, 2.24) is 4.98 Å². The summed E-state index contributed by atoms with van der Waals surface area (Å²) in [5, 5.41) is 14.3. The van der Waals surface area contributed by atoms with Gasteiger partial charge in [0.15, 0.2) is 0 Å². The first kappa shape index (κ1) is 18.0. The van der Waals surface area contributed by atoms with Crippen molar-refractivity contribution in [2.24, 2.45) is 0 Å². The minimum Gasteiger partial charge on any atom is -0.316 e. The number of nitrogens with zero attached hydrogens (tertiary/aromatic N) is 2. The number of aryl methyl sites for hydroxylation is 1. The van der Waals surface area contributed by atoms with Crippen LogP contribution in [0.2, 0.25) is 0 Å². The number of carbonyl (C=O) groups is 1. The third kappa shape index (κ3) is 3.85. The highest BCUT2D eigenvalue weighted by Crippen LogP contribution is 2.37. The molecule has 0 unspecified atom stereocenters. The summed E-state index contributed by atoms with van der Waals surface area (Å²) in [7, 11) is 0. The molecule has 2 heterocycles. The Bertz CT molecular complexity index is 1030. The summed E-state index contributed by atoms with van der Waals surface area (Å²) in [4.78, 5) is 19.2. The molecule has 0 spiro atoms. The monoisotopic (exact) mass is 393 g/mol. The van der Waals surface area contributed by atoms with Gasteiger partial charge in [0.2, 0.25) is 5.91 Å². The molecule has 0 fully saturated rings. The first-order chi connectivity index (χ1) is 13.3. The summed E-state index contributed by atoms with van der Waals surface area (Å²) in [6, 6.07) is 12.2. The van der Waals surface area contributed by atoms with Gasteiger partial charge in [-0.3, -0.25) is 9.78 Å². The van der Waals surface area contributed by atoms with Gasteiger partial charge in [0.25, 0.3) is 0 Å². The maximum absolute atomic E-state index is 12.5. The summed E-state index contributed by atoms with van der Waals surface area (Å²) < 4.78 is 0. The molecule has 27 heavy (non-hydrogen) atoms. The maximum Gasteiger partial charge on any atom is 0.235 e. The molecule has 4 rings (SSSR count). The standard InChI is InChI=1S/C21H19N3OS2/c22-12-16-14-6-2-1-3-9-19(14)27-21(16)24-20(25)13-26-18-10-11-23-17-8-5-4-7-15(17)18/h4-5,7-8,10-11H,1-3,6,9,13H2,(H,24,25). The van der Waals surface area contributed by atoms with Crippen LogP contribution in [-0.4, -0.2) is 16.6 Å². The zero-order valence-electron chi connectivity index (χ0n) is 14.8. The molecule has 1 N–H and O–H groups in total. The van der Waals surface area contributed by atoms with Gasteiger partial charge in [-0.2, -0.15) is 5.26 Å². The van der Waals surface area contributed by atoms with Crippen LogP contribution in [0.4, 0.5) is 5.00 Å². The molecular formula is C21H19N3OS2. The van der Waals surface area contributed by atoms with Crippen LogP contribution in [0.5, 0.6) is 0 Å². The fourth-order valence-electron chi connectivity index (χ4n) is 3.45. The van der Waals surface area contributed by atoms with Crippen LogP contribution >= 0.6 is 23.1 Å². The molecule has 2 aromatic heterocycles. The van der Waals surface area contributed by atoms with Gasteiger partial charge in [-0.05, 0) is 43.4 Å². The van der Waals surface area contributed by atoms with E-state index in [1.165, 1.54) is 23.1 Å². The SMILES string of the molecule is N#Cc1c(NC(=O)CSc2ccnc3ccccc23)sc2c1CCCCC2. The third-order valence-corrected chi connectivity index (χ3v) is 7.03. The minimum absolute atomic E-state index is 0.0752. The molecule has 0 saturated heterocycles. The third-order valence-electron chi connectivity index (χ3n) is 4.75. The molecule has 1 amide bonds. The molecule has 0 saturated carbocycles. The summed E-state index contributed by atoms with van der Waals surface area (Å²) in [5.74, 6) is 0.232. The molecular weight excluding hydrogens is 374 g/mol. The van der Waals surface area contributed by atoms with Crippen LogP contribution in [0.25, 0.3) is 10.9 Å². The summed E-state index contributed by atoms with van der Waals surface area (Å²) in [6.45, 7) is 0. The lowest BCUT2D eigenvalue weighted by Gasteiger charge is -2.06. The van der Waals surface area contributed by atoms with E-state index >= 15 is 0 Å². The first-order valence-electron chi connectivity index (χ1n) is 9.07. The van der Waals surface area contributed by atoms with Crippen molar-refractivity contribution >= 4 is 44.9 Å². The fourth-order valence-corrected chi connectivity index (χ4v) is 5.55. The fraction of sp³-hybridized carbons (Fsp3) is 0.286. The largest absolute Gasteiger partial charge is 0.316 e. The van der Waals surface area contributed by atoms with E-state index in [0.717, 1.165) is 52.0 Å². The Morgan fingerprint density at radius 3 is 2.96 bits per heavy atom. The lowest BCUT2D eigenvalue weighted by molar-refractivity contribution is -0.113. The normalized spacial score (nSPS) is 13.6. The van der Waals surface area contributed by atoms with Crippen LogP contribution in [0, 0.1) is 11.3 Å². The topological polar surface area (TPSA) is 65.8 Å². The molecule has 0 aliphatic heterocycles. The second kappa shape index (κ2) is 8.12. The number of pyridine rings is 1. The molecule has 1 aliphatic carbocycles. The van der Waals surface area contributed by atoms with E-state index in [2.05, 4.69) is 16.4 Å². The van der Waals surface area contributed by atoms with Crippen molar-refractivity contribution < 1.29 is 4.79 Å². The molecule has 0 bridgehead atoms. The van der Waals surface area contributed by atoms with Crippen LogP contribution < -0.4 is 5.32 Å². The number of nitriles is 1. The van der Waals surface area contributed by atoms with E-state index in [1.54, 1.807) is 17.5 Å². The molecule has 6 heteroatoms. The Morgan fingerprint density at radius 1 is 1.22 bits per heavy atom.